The van der Waals surface area contributed by atoms with Gasteiger partial charge in [-0.25, -0.2) is 14.6 Å². The highest BCUT2D eigenvalue weighted by Gasteiger charge is 2.16. The minimum atomic E-state index is -0.517. The fourth-order valence-corrected chi connectivity index (χ4v) is 3.80. The van der Waals surface area contributed by atoms with Gasteiger partial charge in [0.1, 0.15) is 5.60 Å². The van der Waals surface area contributed by atoms with Crippen LogP contribution in [0.3, 0.4) is 0 Å². The van der Waals surface area contributed by atoms with Gasteiger partial charge in [-0.15, -0.1) is 0 Å². The second kappa shape index (κ2) is 11.6. The van der Waals surface area contributed by atoms with Gasteiger partial charge in [0.2, 0.25) is 5.95 Å². The number of aromatic nitrogens is 2. The monoisotopic (exact) mass is 520 g/mol. The first-order valence-corrected chi connectivity index (χ1v) is 12.1. The lowest BCUT2D eigenvalue weighted by Gasteiger charge is -2.19. The highest BCUT2D eigenvalue weighted by molar-refractivity contribution is 6.42. The molecule has 1 aromatic heterocycles. The minimum Gasteiger partial charge on any atom is -0.465 e. The number of hydrogen-bond donors (Lipinski definition) is 2. The molecule has 1 amide bonds. The molecule has 188 valence electrons. The van der Waals surface area contributed by atoms with Crippen LogP contribution in [0, 0.1) is 0 Å². The van der Waals surface area contributed by atoms with E-state index in [1.54, 1.807) is 30.3 Å². The van der Waals surface area contributed by atoms with Crippen molar-refractivity contribution in [3.63, 3.8) is 0 Å². The van der Waals surface area contributed by atoms with Crippen molar-refractivity contribution in [3.05, 3.63) is 52.0 Å². The molecule has 0 spiro atoms. The van der Waals surface area contributed by atoms with E-state index in [0.717, 1.165) is 24.8 Å². The second-order valence-electron chi connectivity index (χ2n) is 9.03. The Morgan fingerprint density at radius 1 is 1.06 bits per heavy atom. The van der Waals surface area contributed by atoms with Crippen LogP contribution >= 0.6 is 23.2 Å². The van der Waals surface area contributed by atoms with E-state index in [2.05, 4.69) is 10.6 Å². The lowest BCUT2D eigenvalue weighted by molar-refractivity contribution is 0.0525. The Labute approximate surface area is 214 Å². The van der Waals surface area contributed by atoms with E-state index in [4.69, 9.17) is 37.7 Å². The lowest BCUT2D eigenvalue weighted by Crippen LogP contribution is -2.33. The fourth-order valence-electron chi connectivity index (χ4n) is 3.49. The van der Waals surface area contributed by atoms with Gasteiger partial charge in [0, 0.05) is 18.8 Å². The third kappa shape index (κ3) is 7.50. The Bertz CT molecular complexity index is 1200. The van der Waals surface area contributed by atoms with Crippen molar-refractivity contribution >= 4 is 57.9 Å². The first kappa shape index (κ1) is 26.6. The fraction of sp³-hybridized carbons (Fsp3) is 0.400. The normalized spacial score (nSPS) is 11.4. The van der Waals surface area contributed by atoms with Gasteiger partial charge < -0.3 is 24.7 Å². The first-order chi connectivity index (χ1) is 16.6. The van der Waals surface area contributed by atoms with Crippen LogP contribution in [0.15, 0.2) is 36.4 Å². The van der Waals surface area contributed by atoms with E-state index in [1.807, 2.05) is 31.4 Å². The number of alkyl carbamates (subject to hydrolysis) is 1. The summed E-state index contributed by atoms with van der Waals surface area (Å²) < 4.78 is 12.1. The van der Waals surface area contributed by atoms with Crippen LogP contribution in [0.5, 0.6) is 0 Å². The Morgan fingerprint density at radius 3 is 2.51 bits per heavy atom. The molecule has 2 N–H and O–H groups in total. The van der Waals surface area contributed by atoms with E-state index in [9.17, 15) is 9.59 Å². The van der Waals surface area contributed by atoms with E-state index >= 15 is 0 Å². The third-order valence-corrected chi connectivity index (χ3v) is 5.78. The van der Waals surface area contributed by atoms with Gasteiger partial charge >= 0.3 is 12.1 Å². The molecule has 0 fully saturated rings. The van der Waals surface area contributed by atoms with Gasteiger partial charge in [-0.1, -0.05) is 29.3 Å². The van der Waals surface area contributed by atoms with E-state index in [-0.39, 0.29) is 0 Å². The van der Waals surface area contributed by atoms with Crippen molar-refractivity contribution in [1.29, 1.82) is 0 Å². The molecule has 10 heteroatoms. The molecule has 0 saturated carbocycles. The SMILES string of the molecule is COC(=O)c1cccc(Nc2nc3cc(Cl)c(Cl)cc3n2CCCCCNC(=O)OC(C)(C)C)c1. The summed E-state index contributed by atoms with van der Waals surface area (Å²) in [6.45, 7) is 6.70. The summed E-state index contributed by atoms with van der Waals surface area (Å²) in [5.74, 6) is 0.188. The predicted molar refractivity (Wildman–Crippen MR) is 139 cm³/mol. The van der Waals surface area contributed by atoms with Crippen molar-refractivity contribution in [2.75, 3.05) is 19.0 Å². The van der Waals surface area contributed by atoms with Crippen molar-refractivity contribution in [1.82, 2.24) is 14.9 Å². The average molecular weight is 521 g/mol. The highest BCUT2D eigenvalue weighted by atomic mass is 35.5. The van der Waals surface area contributed by atoms with Gasteiger partial charge in [-0.2, -0.15) is 0 Å². The molecule has 1 heterocycles. The van der Waals surface area contributed by atoms with Crippen molar-refractivity contribution < 1.29 is 19.1 Å². The number of imidazole rings is 1. The minimum absolute atomic E-state index is 0.412. The van der Waals surface area contributed by atoms with Crippen molar-refractivity contribution in [2.24, 2.45) is 0 Å². The molecule has 0 radical (unpaired) electrons. The number of ether oxygens (including phenoxy) is 2. The predicted octanol–water partition coefficient (Wildman–Crippen LogP) is 6.57. The summed E-state index contributed by atoms with van der Waals surface area (Å²) in [5.41, 5.74) is 2.17. The summed E-state index contributed by atoms with van der Waals surface area (Å²) in [5, 5.41) is 6.94. The number of carbonyl (C=O) groups is 2. The highest BCUT2D eigenvalue weighted by Crippen LogP contribution is 2.31. The molecule has 0 bridgehead atoms. The van der Waals surface area contributed by atoms with Gasteiger partial charge in [0.15, 0.2) is 0 Å². The lowest BCUT2D eigenvalue weighted by atomic mass is 10.2. The van der Waals surface area contributed by atoms with Crippen LogP contribution in [0.1, 0.15) is 50.4 Å². The molecular weight excluding hydrogens is 491 g/mol. The zero-order chi connectivity index (χ0) is 25.6. The zero-order valence-corrected chi connectivity index (χ0v) is 21.8. The summed E-state index contributed by atoms with van der Waals surface area (Å²) in [4.78, 5) is 28.4. The van der Waals surface area contributed by atoms with Crippen LogP contribution in [0.2, 0.25) is 10.0 Å². The molecule has 3 rings (SSSR count). The van der Waals surface area contributed by atoms with Crippen LogP contribution in [-0.4, -0.2) is 40.9 Å². The Kier molecular flexibility index (Phi) is 8.86. The standard InChI is InChI=1S/C25H30Cl2N4O4/c1-25(2,3)35-24(33)28-11-6-5-7-12-31-21-15-19(27)18(26)14-20(21)30-23(31)29-17-10-8-9-16(13-17)22(32)34-4/h8-10,13-15H,5-7,11-12H2,1-4H3,(H,28,33)(H,29,30). The Hall–Kier alpha value is -2.97. The topological polar surface area (TPSA) is 94.5 Å². The number of amides is 1. The van der Waals surface area contributed by atoms with Gasteiger partial charge in [0.05, 0.1) is 33.8 Å². The number of fused-ring (bicyclic) bond motifs is 1. The number of methoxy groups -OCH3 is 1. The number of hydrogen-bond acceptors (Lipinski definition) is 6. The number of benzene rings is 2. The first-order valence-electron chi connectivity index (χ1n) is 11.3. The Balaban J connectivity index is 1.70. The second-order valence-corrected chi connectivity index (χ2v) is 9.84. The van der Waals surface area contributed by atoms with Gasteiger partial charge in [0.25, 0.3) is 0 Å². The molecule has 0 atom stereocenters. The molecule has 3 aromatic rings. The maximum atomic E-state index is 11.9. The molecule has 0 saturated heterocycles. The number of nitrogens with one attached hydrogen (secondary N) is 2. The smallest absolute Gasteiger partial charge is 0.407 e. The summed E-state index contributed by atoms with van der Waals surface area (Å²) in [6, 6.07) is 10.5. The number of nitrogens with zero attached hydrogens (tertiary/aromatic N) is 2. The van der Waals surface area contributed by atoms with E-state index in [1.165, 1.54) is 7.11 Å². The number of unbranched alkanes of at least 4 members (excludes halogenated alkanes) is 2. The number of carbonyl (C=O) groups excluding carboxylic acids is 2. The van der Waals surface area contributed by atoms with Crippen molar-refractivity contribution in [3.8, 4) is 0 Å². The van der Waals surface area contributed by atoms with Gasteiger partial charge in [-0.3, -0.25) is 0 Å². The molecule has 0 aliphatic heterocycles. The van der Waals surface area contributed by atoms with E-state index in [0.29, 0.717) is 45.9 Å². The van der Waals surface area contributed by atoms with Crippen molar-refractivity contribution in [2.45, 2.75) is 52.2 Å². The number of esters is 1. The molecule has 0 unspecified atom stereocenters. The quantitative estimate of drug-likeness (QED) is 0.244. The number of anilines is 2. The number of halogens is 2. The third-order valence-electron chi connectivity index (χ3n) is 5.06. The maximum Gasteiger partial charge on any atom is 0.407 e. The number of rotatable bonds is 9. The van der Waals surface area contributed by atoms with Crippen LogP contribution in [-0.2, 0) is 16.0 Å². The van der Waals surface area contributed by atoms with Crippen LogP contribution in [0.4, 0.5) is 16.4 Å². The number of aryl methyl sites for hydroxylation is 1. The Morgan fingerprint density at radius 2 is 1.80 bits per heavy atom. The molecule has 0 aliphatic carbocycles. The summed E-state index contributed by atoms with van der Waals surface area (Å²) >= 11 is 12.5. The average Bonchev–Trinajstić information content (AvgIpc) is 3.10. The van der Waals surface area contributed by atoms with E-state index < -0.39 is 17.7 Å². The summed E-state index contributed by atoms with van der Waals surface area (Å²) in [7, 11) is 1.35. The maximum absolute atomic E-state index is 11.9. The zero-order valence-electron chi connectivity index (χ0n) is 20.3. The van der Waals surface area contributed by atoms with Crippen LogP contribution in [0.25, 0.3) is 11.0 Å². The molecule has 8 nitrogen and oxygen atoms in total. The molecular formula is C25H30Cl2N4O4. The van der Waals surface area contributed by atoms with Gasteiger partial charge in [-0.05, 0) is 70.4 Å². The molecule has 2 aromatic carbocycles. The largest absolute Gasteiger partial charge is 0.465 e. The van der Waals surface area contributed by atoms with Crippen LogP contribution < -0.4 is 10.6 Å². The molecule has 35 heavy (non-hydrogen) atoms. The molecule has 0 aliphatic rings. The summed E-state index contributed by atoms with van der Waals surface area (Å²) in [6.07, 6.45) is 2.12.